The van der Waals surface area contributed by atoms with Crippen LogP contribution in [0.1, 0.15) is 17.0 Å². The Labute approximate surface area is 187 Å². The Morgan fingerprint density at radius 2 is 1.64 bits per heavy atom. The second-order valence-electron chi connectivity index (χ2n) is 7.89. The third kappa shape index (κ3) is 3.76. The average Bonchev–Trinajstić information content (AvgIpc) is 3.25. The van der Waals surface area contributed by atoms with E-state index in [4.69, 9.17) is 4.52 Å². The molecule has 0 fully saturated rings. The summed E-state index contributed by atoms with van der Waals surface area (Å²) in [6.45, 7) is 3.80. The third-order valence-corrected chi connectivity index (χ3v) is 5.38. The minimum absolute atomic E-state index is 0.0291. The molecule has 0 N–H and O–H groups in total. The van der Waals surface area contributed by atoms with Crippen molar-refractivity contribution in [2.45, 2.75) is 20.4 Å². The molecule has 3 aromatic carbocycles. The highest BCUT2D eigenvalue weighted by molar-refractivity contribution is 5.78. The standard InChI is InChI=1S/C25H19FN4O3/c1-15-11-16(2)13-19(12-15)30-24(31)20-5-3-4-6-21(20)29(25(30)32)14-22-27-23(28-33-22)17-7-9-18(26)10-8-17/h3-13H,14H2,1-2H3. The van der Waals surface area contributed by atoms with E-state index in [1.807, 2.05) is 19.9 Å². The van der Waals surface area contributed by atoms with Crippen molar-refractivity contribution in [3.63, 3.8) is 0 Å². The molecule has 0 unspecified atom stereocenters. The van der Waals surface area contributed by atoms with Gasteiger partial charge in [0.05, 0.1) is 16.6 Å². The fourth-order valence-electron chi connectivity index (χ4n) is 3.95. The molecule has 164 valence electrons. The van der Waals surface area contributed by atoms with Crippen LogP contribution >= 0.6 is 0 Å². The molecule has 7 nitrogen and oxygen atoms in total. The molecule has 0 bridgehead atoms. The summed E-state index contributed by atoms with van der Waals surface area (Å²) in [5, 5.41) is 4.35. The van der Waals surface area contributed by atoms with Crippen molar-refractivity contribution in [1.82, 2.24) is 19.3 Å². The van der Waals surface area contributed by atoms with E-state index in [2.05, 4.69) is 10.1 Å². The average molecular weight is 442 g/mol. The Kier molecular flexibility index (Phi) is 4.97. The summed E-state index contributed by atoms with van der Waals surface area (Å²) in [5.41, 5.74) is 2.53. The maximum atomic E-state index is 13.5. The van der Waals surface area contributed by atoms with Crippen molar-refractivity contribution in [3.05, 3.63) is 110 Å². The summed E-state index contributed by atoms with van der Waals surface area (Å²) < 4.78 is 21.2. The zero-order chi connectivity index (χ0) is 23.1. The lowest BCUT2D eigenvalue weighted by atomic mass is 10.1. The fourth-order valence-corrected chi connectivity index (χ4v) is 3.95. The van der Waals surface area contributed by atoms with Crippen LogP contribution < -0.4 is 11.2 Å². The molecule has 0 amide bonds. The number of benzene rings is 3. The van der Waals surface area contributed by atoms with Crippen molar-refractivity contribution >= 4 is 10.9 Å². The van der Waals surface area contributed by atoms with Gasteiger partial charge in [0.2, 0.25) is 11.7 Å². The molecular weight excluding hydrogens is 423 g/mol. The van der Waals surface area contributed by atoms with Gasteiger partial charge in [0.15, 0.2) is 0 Å². The van der Waals surface area contributed by atoms with Crippen molar-refractivity contribution in [2.24, 2.45) is 0 Å². The van der Waals surface area contributed by atoms with E-state index in [-0.39, 0.29) is 24.1 Å². The second-order valence-corrected chi connectivity index (χ2v) is 7.89. The minimum Gasteiger partial charge on any atom is -0.337 e. The smallest absolute Gasteiger partial charge is 0.336 e. The monoisotopic (exact) mass is 442 g/mol. The molecule has 0 aliphatic carbocycles. The third-order valence-electron chi connectivity index (χ3n) is 5.38. The summed E-state index contributed by atoms with van der Waals surface area (Å²) in [7, 11) is 0. The van der Waals surface area contributed by atoms with Crippen LogP contribution in [0.2, 0.25) is 0 Å². The zero-order valence-corrected chi connectivity index (χ0v) is 17.9. The van der Waals surface area contributed by atoms with Crippen molar-refractivity contribution in [2.75, 3.05) is 0 Å². The van der Waals surface area contributed by atoms with Crippen molar-refractivity contribution < 1.29 is 8.91 Å². The Balaban J connectivity index is 1.67. The Hall–Kier alpha value is -4.33. The molecule has 0 atom stereocenters. The topological polar surface area (TPSA) is 82.9 Å². The van der Waals surface area contributed by atoms with Crippen LogP contribution in [0.4, 0.5) is 4.39 Å². The van der Waals surface area contributed by atoms with Crippen LogP contribution in [0.15, 0.2) is 80.8 Å². The largest absolute Gasteiger partial charge is 0.337 e. The van der Waals surface area contributed by atoms with Crippen LogP contribution in [-0.4, -0.2) is 19.3 Å². The quantitative estimate of drug-likeness (QED) is 0.420. The fraction of sp³-hybridized carbons (Fsp3) is 0.120. The van der Waals surface area contributed by atoms with E-state index in [0.717, 1.165) is 11.1 Å². The number of para-hydroxylation sites is 1. The van der Waals surface area contributed by atoms with Crippen molar-refractivity contribution in [1.29, 1.82) is 0 Å². The highest BCUT2D eigenvalue weighted by Gasteiger charge is 2.17. The molecular formula is C25H19FN4O3. The molecule has 33 heavy (non-hydrogen) atoms. The SMILES string of the molecule is Cc1cc(C)cc(-n2c(=O)c3ccccc3n(Cc3nc(-c4ccc(F)cc4)no3)c2=O)c1. The number of fused-ring (bicyclic) bond motifs is 1. The number of hydrogen-bond acceptors (Lipinski definition) is 5. The van der Waals surface area contributed by atoms with Gasteiger partial charge in [-0.3, -0.25) is 9.36 Å². The van der Waals surface area contributed by atoms with E-state index in [1.165, 1.54) is 21.3 Å². The number of aryl methyl sites for hydroxylation is 2. The summed E-state index contributed by atoms with van der Waals surface area (Å²) in [4.78, 5) is 31.2. The van der Waals surface area contributed by atoms with Crippen LogP contribution in [0.3, 0.4) is 0 Å². The van der Waals surface area contributed by atoms with E-state index >= 15 is 0 Å². The first-order valence-electron chi connectivity index (χ1n) is 10.3. The molecule has 0 radical (unpaired) electrons. The molecule has 0 saturated heterocycles. The first-order chi connectivity index (χ1) is 15.9. The van der Waals surface area contributed by atoms with Gasteiger partial charge in [-0.15, -0.1) is 0 Å². The number of nitrogens with zero attached hydrogens (tertiary/aromatic N) is 4. The van der Waals surface area contributed by atoms with Crippen LogP contribution in [0.25, 0.3) is 28.0 Å². The second kappa shape index (κ2) is 7.98. The highest BCUT2D eigenvalue weighted by atomic mass is 19.1. The maximum Gasteiger partial charge on any atom is 0.336 e. The van der Waals surface area contributed by atoms with Crippen LogP contribution in [-0.2, 0) is 6.54 Å². The number of hydrogen-bond donors (Lipinski definition) is 0. The molecule has 2 heterocycles. The Bertz CT molecular complexity index is 1590. The summed E-state index contributed by atoms with van der Waals surface area (Å²) in [6.07, 6.45) is 0. The predicted molar refractivity (Wildman–Crippen MR) is 122 cm³/mol. The molecule has 5 aromatic rings. The predicted octanol–water partition coefficient (Wildman–Crippen LogP) is 4.01. The first-order valence-corrected chi connectivity index (χ1v) is 10.3. The van der Waals surface area contributed by atoms with E-state index < -0.39 is 11.2 Å². The summed E-state index contributed by atoms with van der Waals surface area (Å²) in [5.74, 6) is 0.103. The van der Waals surface area contributed by atoms with E-state index in [1.54, 1.807) is 48.5 Å². The van der Waals surface area contributed by atoms with Gasteiger partial charge in [-0.1, -0.05) is 23.4 Å². The normalized spacial score (nSPS) is 11.2. The van der Waals surface area contributed by atoms with Gasteiger partial charge in [-0.05, 0) is 73.5 Å². The van der Waals surface area contributed by atoms with Gasteiger partial charge in [0, 0.05) is 5.56 Å². The molecule has 2 aromatic heterocycles. The zero-order valence-electron chi connectivity index (χ0n) is 17.9. The number of halogens is 1. The highest BCUT2D eigenvalue weighted by Crippen LogP contribution is 2.18. The van der Waals surface area contributed by atoms with Crippen LogP contribution in [0, 0.1) is 19.7 Å². The lowest BCUT2D eigenvalue weighted by Gasteiger charge is -2.13. The first kappa shape index (κ1) is 20.6. The van der Waals surface area contributed by atoms with Gasteiger partial charge >= 0.3 is 5.69 Å². The molecule has 8 heteroatoms. The molecule has 5 rings (SSSR count). The van der Waals surface area contributed by atoms with Gasteiger partial charge in [-0.25, -0.2) is 13.8 Å². The van der Waals surface area contributed by atoms with Gasteiger partial charge in [0.25, 0.3) is 5.56 Å². The lowest BCUT2D eigenvalue weighted by molar-refractivity contribution is 0.370. The lowest BCUT2D eigenvalue weighted by Crippen LogP contribution is -2.39. The minimum atomic E-state index is -0.509. The summed E-state index contributed by atoms with van der Waals surface area (Å²) in [6, 6.07) is 18.2. The van der Waals surface area contributed by atoms with Crippen LogP contribution in [0.5, 0.6) is 0 Å². The van der Waals surface area contributed by atoms with Gasteiger partial charge in [0.1, 0.15) is 12.4 Å². The van der Waals surface area contributed by atoms with Gasteiger partial charge < -0.3 is 4.52 Å². The number of aromatic nitrogens is 4. The summed E-state index contributed by atoms with van der Waals surface area (Å²) >= 11 is 0. The molecule has 0 spiro atoms. The molecule has 0 saturated carbocycles. The Morgan fingerprint density at radius 3 is 2.36 bits per heavy atom. The van der Waals surface area contributed by atoms with E-state index in [9.17, 15) is 14.0 Å². The molecule has 0 aliphatic rings. The van der Waals surface area contributed by atoms with Crippen molar-refractivity contribution in [3.8, 4) is 17.1 Å². The maximum absolute atomic E-state index is 13.5. The van der Waals surface area contributed by atoms with Gasteiger partial charge in [-0.2, -0.15) is 4.98 Å². The molecule has 0 aliphatic heterocycles. The number of rotatable bonds is 4. The Morgan fingerprint density at radius 1 is 0.939 bits per heavy atom. The van der Waals surface area contributed by atoms with E-state index in [0.29, 0.717) is 22.2 Å².